The maximum absolute atomic E-state index is 11.9. The molecule has 0 aliphatic rings. The van der Waals surface area contributed by atoms with Crippen molar-refractivity contribution in [3.05, 3.63) is 76.9 Å². The van der Waals surface area contributed by atoms with E-state index in [9.17, 15) is 19.8 Å². The van der Waals surface area contributed by atoms with E-state index < -0.39 is 17.5 Å². The second kappa shape index (κ2) is 6.75. The zero-order valence-corrected chi connectivity index (χ0v) is 13.6. The maximum atomic E-state index is 11.9. The van der Waals surface area contributed by atoms with Crippen molar-refractivity contribution in [2.24, 2.45) is 0 Å². The molecular weight excluding hydrogens is 342 g/mol. The van der Waals surface area contributed by atoms with Crippen molar-refractivity contribution in [3.8, 4) is 22.4 Å². The van der Waals surface area contributed by atoms with E-state index in [0.29, 0.717) is 16.8 Å². The molecule has 5 nitrogen and oxygen atoms in total. The lowest BCUT2D eigenvalue weighted by atomic mass is 9.92. The maximum Gasteiger partial charge on any atom is 0.339 e. The van der Waals surface area contributed by atoms with E-state index in [1.54, 1.807) is 54.6 Å². The van der Waals surface area contributed by atoms with Gasteiger partial charge in [-0.1, -0.05) is 72.3 Å². The smallest absolute Gasteiger partial charge is 0.339 e. The number of hydrogen-bond acceptors (Lipinski definition) is 3. The summed E-state index contributed by atoms with van der Waals surface area (Å²) >= 11 is 6.03. The molecule has 1 heterocycles. The Kier molecular flexibility index (Phi) is 4.50. The third-order valence-electron chi connectivity index (χ3n) is 3.69. The minimum absolute atomic E-state index is 0.223. The fraction of sp³-hybridized carbons (Fsp3) is 0. The van der Waals surface area contributed by atoms with Crippen molar-refractivity contribution in [3.63, 3.8) is 0 Å². The topological polar surface area (TPSA) is 87.5 Å². The molecule has 2 N–H and O–H groups in total. The number of benzene rings is 2. The molecule has 25 heavy (non-hydrogen) atoms. The standard InChI is InChI=1S/C19H12ClNO4/c20-17-15(19(24)25)14(18(22)23)13(11-7-3-1-4-8-11)16(21-17)12-9-5-2-6-10-12/h1-10H,(H,22,23)(H,24,25). The van der Waals surface area contributed by atoms with Crippen molar-refractivity contribution in [2.45, 2.75) is 0 Å². The third-order valence-corrected chi connectivity index (χ3v) is 3.96. The van der Waals surface area contributed by atoms with Gasteiger partial charge >= 0.3 is 11.9 Å². The first-order chi connectivity index (χ1) is 12.0. The predicted octanol–water partition coefficient (Wildman–Crippen LogP) is 4.47. The first-order valence-corrected chi connectivity index (χ1v) is 7.69. The predicted molar refractivity (Wildman–Crippen MR) is 94.0 cm³/mol. The summed E-state index contributed by atoms with van der Waals surface area (Å²) in [5, 5.41) is 18.8. The van der Waals surface area contributed by atoms with Gasteiger partial charge in [-0.05, 0) is 5.56 Å². The highest BCUT2D eigenvalue weighted by Gasteiger charge is 2.28. The Hall–Kier alpha value is -3.18. The van der Waals surface area contributed by atoms with Gasteiger partial charge in [-0.2, -0.15) is 0 Å². The highest BCUT2D eigenvalue weighted by Crippen LogP contribution is 2.37. The molecule has 1 aromatic heterocycles. The molecule has 0 saturated heterocycles. The third kappa shape index (κ3) is 3.09. The summed E-state index contributed by atoms with van der Waals surface area (Å²) in [6.07, 6.45) is 0. The Labute approximate surface area is 148 Å². The van der Waals surface area contributed by atoms with Crippen LogP contribution in [0, 0.1) is 0 Å². The Bertz CT molecular complexity index is 956. The van der Waals surface area contributed by atoms with Gasteiger partial charge in [0.2, 0.25) is 0 Å². The van der Waals surface area contributed by atoms with Crippen molar-refractivity contribution < 1.29 is 19.8 Å². The van der Waals surface area contributed by atoms with Crippen LogP contribution < -0.4 is 0 Å². The summed E-state index contributed by atoms with van der Waals surface area (Å²) in [5.41, 5.74) is 0.832. The number of nitrogens with zero attached hydrogens (tertiary/aromatic N) is 1. The quantitative estimate of drug-likeness (QED) is 0.676. The van der Waals surface area contributed by atoms with E-state index in [4.69, 9.17) is 11.6 Å². The van der Waals surface area contributed by atoms with Crippen LogP contribution in [0.2, 0.25) is 5.15 Å². The van der Waals surface area contributed by atoms with Crippen molar-refractivity contribution >= 4 is 23.5 Å². The van der Waals surface area contributed by atoms with Crippen LogP contribution in [-0.4, -0.2) is 27.1 Å². The van der Waals surface area contributed by atoms with Crippen LogP contribution in [0.3, 0.4) is 0 Å². The van der Waals surface area contributed by atoms with Gasteiger partial charge in [0.1, 0.15) is 10.7 Å². The lowest BCUT2D eigenvalue weighted by Gasteiger charge is -2.16. The number of hydrogen-bond donors (Lipinski definition) is 2. The van der Waals surface area contributed by atoms with Crippen LogP contribution in [0.5, 0.6) is 0 Å². The normalized spacial score (nSPS) is 10.4. The van der Waals surface area contributed by atoms with Crippen molar-refractivity contribution in [2.75, 3.05) is 0 Å². The van der Waals surface area contributed by atoms with Crippen molar-refractivity contribution in [1.82, 2.24) is 4.98 Å². The van der Waals surface area contributed by atoms with Crippen LogP contribution in [0.1, 0.15) is 20.7 Å². The van der Waals surface area contributed by atoms with Crippen LogP contribution in [0.25, 0.3) is 22.4 Å². The number of carbonyl (C=O) groups is 2. The molecular formula is C19H12ClNO4. The Morgan fingerprint density at radius 3 is 1.72 bits per heavy atom. The molecule has 0 aliphatic heterocycles. The molecule has 3 rings (SSSR count). The van der Waals surface area contributed by atoms with E-state index in [1.807, 2.05) is 6.07 Å². The largest absolute Gasteiger partial charge is 0.478 e. The average Bonchev–Trinajstić information content (AvgIpc) is 2.61. The van der Waals surface area contributed by atoms with Gasteiger partial charge in [0.25, 0.3) is 0 Å². The summed E-state index contributed by atoms with van der Waals surface area (Å²) in [5.74, 6) is -2.82. The number of rotatable bonds is 4. The van der Waals surface area contributed by atoms with Gasteiger partial charge in [-0.25, -0.2) is 14.6 Å². The highest BCUT2D eigenvalue weighted by molar-refractivity contribution is 6.34. The molecule has 124 valence electrons. The Morgan fingerprint density at radius 1 is 0.760 bits per heavy atom. The number of carboxylic acid groups (broad SMARTS) is 2. The summed E-state index contributed by atoms with van der Waals surface area (Å²) in [4.78, 5) is 27.7. The fourth-order valence-electron chi connectivity index (χ4n) is 2.66. The molecule has 0 bridgehead atoms. The second-order valence-electron chi connectivity index (χ2n) is 5.22. The summed E-state index contributed by atoms with van der Waals surface area (Å²) in [6.45, 7) is 0. The van der Waals surface area contributed by atoms with E-state index in [0.717, 1.165) is 0 Å². The number of carboxylic acids is 2. The fourth-order valence-corrected chi connectivity index (χ4v) is 2.92. The molecule has 0 radical (unpaired) electrons. The van der Waals surface area contributed by atoms with Crippen molar-refractivity contribution in [1.29, 1.82) is 0 Å². The zero-order chi connectivity index (χ0) is 18.0. The molecule has 0 spiro atoms. The van der Waals surface area contributed by atoms with Gasteiger partial charge in [0.15, 0.2) is 0 Å². The average molecular weight is 354 g/mol. The molecule has 0 fully saturated rings. The molecule has 3 aromatic rings. The molecule has 0 aliphatic carbocycles. The van der Waals surface area contributed by atoms with Gasteiger partial charge in [0, 0.05) is 11.1 Å². The Balaban J connectivity index is 2.48. The first-order valence-electron chi connectivity index (χ1n) is 7.31. The van der Waals surface area contributed by atoms with Crippen LogP contribution in [0.15, 0.2) is 60.7 Å². The molecule has 2 aromatic carbocycles. The first kappa shape index (κ1) is 16.7. The van der Waals surface area contributed by atoms with Crippen LogP contribution >= 0.6 is 11.6 Å². The number of pyridine rings is 1. The van der Waals surface area contributed by atoms with E-state index in [1.165, 1.54) is 0 Å². The summed E-state index contributed by atoms with van der Waals surface area (Å²) in [7, 11) is 0. The minimum Gasteiger partial charge on any atom is -0.478 e. The monoisotopic (exact) mass is 353 g/mol. The van der Waals surface area contributed by atoms with Gasteiger partial charge in [-0.3, -0.25) is 0 Å². The zero-order valence-electron chi connectivity index (χ0n) is 12.8. The number of aromatic carboxylic acids is 2. The van der Waals surface area contributed by atoms with E-state index in [2.05, 4.69) is 4.98 Å². The second-order valence-corrected chi connectivity index (χ2v) is 5.58. The Morgan fingerprint density at radius 2 is 1.24 bits per heavy atom. The van der Waals surface area contributed by atoms with Crippen LogP contribution in [-0.2, 0) is 0 Å². The number of aromatic nitrogens is 1. The molecule has 0 amide bonds. The number of halogens is 1. The lowest BCUT2D eigenvalue weighted by Crippen LogP contribution is -2.13. The van der Waals surface area contributed by atoms with Gasteiger partial charge in [0.05, 0.1) is 11.3 Å². The van der Waals surface area contributed by atoms with E-state index >= 15 is 0 Å². The van der Waals surface area contributed by atoms with Gasteiger partial charge < -0.3 is 10.2 Å². The highest BCUT2D eigenvalue weighted by atomic mass is 35.5. The molecule has 0 saturated carbocycles. The van der Waals surface area contributed by atoms with E-state index in [-0.39, 0.29) is 16.3 Å². The molecule has 0 atom stereocenters. The summed E-state index contributed by atoms with van der Waals surface area (Å²) < 4.78 is 0. The SMILES string of the molecule is O=C(O)c1c(Cl)nc(-c2ccccc2)c(-c2ccccc2)c1C(=O)O. The van der Waals surface area contributed by atoms with Crippen LogP contribution in [0.4, 0.5) is 0 Å². The molecule has 6 heteroatoms. The lowest BCUT2D eigenvalue weighted by molar-refractivity contribution is 0.0652. The minimum atomic E-state index is -1.44. The van der Waals surface area contributed by atoms with Gasteiger partial charge in [-0.15, -0.1) is 0 Å². The molecule has 0 unspecified atom stereocenters. The summed E-state index contributed by atoms with van der Waals surface area (Å²) in [6, 6.07) is 17.6.